The molecule has 0 spiro atoms. The molecule has 1 atom stereocenters. The molecule has 0 amide bonds. The van der Waals surface area contributed by atoms with E-state index in [9.17, 15) is 0 Å². The number of thioether (sulfide) groups is 1. The quantitative estimate of drug-likeness (QED) is 0.752. The van der Waals surface area contributed by atoms with E-state index in [1.807, 2.05) is 12.1 Å². The molecule has 0 aliphatic carbocycles. The van der Waals surface area contributed by atoms with Gasteiger partial charge < -0.3 is 4.57 Å². The number of nitrogens with zero attached hydrogens (tertiary/aromatic N) is 3. The third-order valence-electron chi connectivity index (χ3n) is 2.65. The van der Waals surface area contributed by atoms with Gasteiger partial charge in [-0.2, -0.15) is 0 Å². The van der Waals surface area contributed by atoms with Crippen LogP contribution >= 0.6 is 43.6 Å². The van der Waals surface area contributed by atoms with Crippen molar-refractivity contribution < 1.29 is 0 Å². The van der Waals surface area contributed by atoms with E-state index in [0.29, 0.717) is 5.25 Å². The first-order valence-corrected chi connectivity index (χ1v) is 7.99. The van der Waals surface area contributed by atoms with Crippen molar-refractivity contribution in [2.24, 2.45) is 0 Å². The van der Waals surface area contributed by atoms with Gasteiger partial charge in [-0.25, -0.2) is 0 Å². The maximum atomic E-state index is 4.27. The molecular formula is C11H9Br2N3S. The van der Waals surface area contributed by atoms with Crippen LogP contribution in [0.3, 0.4) is 0 Å². The van der Waals surface area contributed by atoms with Crippen molar-refractivity contribution in [2.75, 3.05) is 5.33 Å². The Kier molecular flexibility index (Phi) is 3.28. The second kappa shape index (κ2) is 4.74. The van der Waals surface area contributed by atoms with Gasteiger partial charge in [0.1, 0.15) is 0 Å². The number of halogens is 2. The number of aromatic nitrogens is 3. The van der Waals surface area contributed by atoms with Crippen LogP contribution in [0, 0.1) is 0 Å². The molecule has 1 aromatic heterocycles. The molecule has 0 unspecified atom stereocenters. The Balaban J connectivity index is 1.98. The molecule has 1 aliphatic rings. The van der Waals surface area contributed by atoms with E-state index in [1.54, 1.807) is 11.8 Å². The maximum absolute atomic E-state index is 4.27. The molecule has 2 aromatic rings. The van der Waals surface area contributed by atoms with Crippen LogP contribution in [0.4, 0.5) is 0 Å². The summed E-state index contributed by atoms with van der Waals surface area (Å²) in [5.74, 6) is 0.962. The van der Waals surface area contributed by atoms with Crippen LogP contribution in [-0.4, -0.2) is 25.3 Å². The van der Waals surface area contributed by atoms with Gasteiger partial charge in [0.05, 0.1) is 0 Å². The molecule has 0 bridgehead atoms. The van der Waals surface area contributed by atoms with Crippen LogP contribution in [0.5, 0.6) is 0 Å². The zero-order valence-corrected chi connectivity index (χ0v) is 12.8. The Morgan fingerprint density at radius 1 is 1.29 bits per heavy atom. The second-order valence-corrected chi connectivity index (χ2v) is 6.65. The molecular weight excluding hydrogens is 366 g/mol. The lowest BCUT2D eigenvalue weighted by Gasteiger charge is -2.05. The topological polar surface area (TPSA) is 30.7 Å². The van der Waals surface area contributed by atoms with Gasteiger partial charge in [-0.3, -0.25) is 0 Å². The number of fused-ring (bicyclic) bond motifs is 1. The lowest BCUT2D eigenvalue weighted by molar-refractivity contribution is 0.679. The minimum absolute atomic E-state index is 0.565. The van der Waals surface area contributed by atoms with Gasteiger partial charge in [-0.05, 0) is 12.1 Å². The standard InChI is InChI=1S/C11H9Br2N3S/c12-5-9-6-16-10(14-15-11(16)17-9)7-1-3-8(13)4-2-7/h1-4,9H,5-6H2/t9-/m1/s1. The first-order valence-electron chi connectivity index (χ1n) is 5.19. The second-order valence-electron chi connectivity index (χ2n) is 3.82. The highest BCUT2D eigenvalue weighted by atomic mass is 79.9. The Labute approximate surface area is 120 Å². The normalized spacial score (nSPS) is 18.4. The number of hydrogen-bond acceptors (Lipinski definition) is 3. The molecule has 17 heavy (non-hydrogen) atoms. The van der Waals surface area contributed by atoms with Gasteiger partial charge >= 0.3 is 0 Å². The van der Waals surface area contributed by atoms with Gasteiger partial charge in [-0.15, -0.1) is 10.2 Å². The first-order chi connectivity index (χ1) is 8.28. The summed E-state index contributed by atoms with van der Waals surface area (Å²) in [5.41, 5.74) is 1.11. The van der Waals surface area contributed by atoms with Crippen LogP contribution in [-0.2, 0) is 6.54 Å². The Hall–Kier alpha value is -0.330. The van der Waals surface area contributed by atoms with Crippen molar-refractivity contribution in [1.82, 2.24) is 14.8 Å². The van der Waals surface area contributed by atoms with E-state index >= 15 is 0 Å². The summed E-state index contributed by atoms with van der Waals surface area (Å²) in [7, 11) is 0. The summed E-state index contributed by atoms with van der Waals surface area (Å²) >= 11 is 8.75. The summed E-state index contributed by atoms with van der Waals surface area (Å²) in [6.07, 6.45) is 0. The largest absolute Gasteiger partial charge is 0.301 e. The molecule has 0 saturated heterocycles. The van der Waals surface area contributed by atoms with Gasteiger partial charge in [0, 0.05) is 27.2 Å². The predicted molar refractivity (Wildman–Crippen MR) is 76.6 cm³/mol. The minimum atomic E-state index is 0.565. The van der Waals surface area contributed by atoms with Crippen molar-refractivity contribution in [1.29, 1.82) is 0 Å². The highest BCUT2D eigenvalue weighted by Crippen LogP contribution is 2.35. The molecule has 2 heterocycles. The molecule has 3 nitrogen and oxygen atoms in total. The third kappa shape index (κ3) is 2.18. The van der Waals surface area contributed by atoms with Gasteiger partial charge in [0.15, 0.2) is 11.0 Å². The van der Waals surface area contributed by atoms with Crippen LogP contribution in [0.25, 0.3) is 11.4 Å². The molecule has 88 valence electrons. The van der Waals surface area contributed by atoms with E-state index in [0.717, 1.165) is 32.9 Å². The summed E-state index contributed by atoms with van der Waals surface area (Å²) in [5, 5.41) is 11.1. The van der Waals surface area contributed by atoms with Gasteiger partial charge in [0.25, 0.3) is 0 Å². The molecule has 1 aromatic carbocycles. The van der Waals surface area contributed by atoms with Crippen molar-refractivity contribution in [3.05, 3.63) is 28.7 Å². The molecule has 1 aliphatic heterocycles. The van der Waals surface area contributed by atoms with Crippen LogP contribution in [0.2, 0.25) is 0 Å². The average Bonchev–Trinajstić information content (AvgIpc) is 2.89. The monoisotopic (exact) mass is 373 g/mol. The van der Waals surface area contributed by atoms with Crippen LogP contribution < -0.4 is 0 Å². The van der Waals surface area contributed by atoms with Crippen LogP contribution in [0.15, 0.2) is 33.9 Å². The van der Waals surface area contributed by atoms with E-state index in [-0.39, 0.29) is 0 Å². The summed E-state index contributed by atoms with van der Waals surface area (Å²) in [4.78, 5) is 0. The maximum Gasteiger partial charge on any atom is 0.191 e. The minimum Gasteiger partial charge on any atom is -0.301 e. The number of hydrogen-bond donors (Lipinski definition) is 0. The predicted octanol–water partition coefficient (Wildman–Crippen LogP) is 3.58. The summed E-state index contributed by atoms with van der Waals surface area (Å²) in [6, 6.07) is 8.18. The fraction of sp³-hybridized carbons (Fsp3) is 0.273. The van der Waals surface area contributed by atoms with E-state index in [1.165, 1.54) is 0 Å². The Morgan fingerprint density at radius 3 is 2.76 bits per heavy atom. The highest BCUT2D eigenvalue weighted by Gasteiger charge is 2.26. The lowest BCUT2D eigenvalue weighted by Crippen LogP contribution is -2.07. The molecule has 0 N–H and O–H groups in total. The highest BCUT2D eigenvalue weighted by molar-refractivity contribution is 9.10. The SMILES string of the molecule is BrC[C@@H]1Cn2c(nnc2-c2ccc(Br)cc2)S1. The van der Waals surface area contributed by atoms with Crippen LogP contribution in [0.1, 0.15) is 0 Å². The molecule has 0 saturated carbocycles. The number of benzene rings is 1. The number of rotatable bonds is 2. The van der Waals surface area contributed by atoms with Gasteiger partial charge in [0.2, 0.25) is 0 Å². The van der Waals surface area contributed by atoms with Crippen molar-refractivity contribution in [2.45, 2.75) is 17.0 Å². The van der Waals surface area contributed by atoms with Crippen molar-refractivity contribution >= 4 is 43.6 Å². The van der Waals surface area contributed by atoms with E-state index in [2.05, 4.69) is 58.8 Å². The fourth-order valence-electron chi connectivity index (χ4n) is 1.82. The zero-order chi connectivity index (χ0) is 11.8. The molecule has 3 rings (SSSR count). The average molecular weight is 375 g/mol. The number of alkyl halides is 1. The lowest BCUT2D eigenvalue weighted by atomic mass is 10.2. The molecule has 0 fully saturated rings. The van der Waals surface area contributed by atoms with Crippen molar-refractivity contribution in [3.63, 3.8) is 0 Å². The Bertz CT molecular complexity index is 538. The first kappa shape index (κ1) is 11.7. The van der Waals surface area contributed by atoms with E-state index in [4.69, 9.17) is 0 Å². The van der Waals surface area contributed by atoms with Crippen molar-refractivity contribution in [3.8, 4) is 11.4 Å². The molecule has 0 radical (unpaired) electrons. The zero-order valence-electron chi connectivity index (χ0n) is 8.81. The third-order valence-corrected chi connectivity index (χ3v) is 5.55. The van der Waals surface area contributed by atoms with Gasteiger partial charge in [-0.1, -0.05) is 55.8 Å². The Morgan fingerprint density at radius 2 is 2.06 bits per heavy atom. The summed E-state index contributed by atoms with van der Waals surface area (Å²) in [6.45, 7) is 0.976. The molecule has 6 heteroatoms. The fourth-order valence-corrected chi connectivity index (χ4v) is 3.65. The smallest absolute Gasteiger partial charge is 0.191 e. The van der Waals surface area contributed by atoms with E-state index < -0.39 is 0 Å². The summed E-state index contributed by atoms with van der Waals surface area (Å²) < 4.78 is 3.27.